The summed E-state index contributed by atoms with van der Waals surface area (Å²) in [4.78, 5) is 12.7. The van der Waals surface area contributed by atoms with Crippen LogP contribution >= 0.6 is 0 Å². The van der Waals surface area contributed by atoms with Gasteiger partial charge in [-0.3, -0.25) is 9.89 Å². The molecule has 0 fully saturated rings. The zero-order valence-electron chi connectivity index (χ0n) is 16.1. The van der Waals surface area contributed by atoms with Crippen molar-refractivity contribution in [2.45, 2.75) is 26.8 Å². The first-order valence-corrected chi connectivity index (χ1v) is 9.04. The Morgan fingerprint density at radius 2 is 1.93 bits per heavy atom. The lowest BCUT2D eigenvalue weighted by atomic mass is 10.1. The molecule has 0 saturated heterocycles. The minimum atomic E-state index is -0.223. The third kappa shape index (κ3) is 4.22. The fourth-order valence-corrected chi connectivity index (χ4v) is 2.81. The highest BCUT2D eigenvalue weighted by molar-refractivity contribution is 6.04. The molecular weight excluding hydrogens is 342 g/mol. The molecule has 2 N–H and O–H groups in total. The lowest BCUT2D eigenvalue weighted by Crippen LogP contribution is -2.27. The van der Waals surface area contributed by atoms with Gasteiger partial charge in [0, 0.05) is 5.39 Å². The molecule has 1 heterocycles. The summed E-state index contributed by atoms with van der Waals surface area (Å²) in [6, 6.07) is 13.1. The normalized spacial score (nSPS) is 12.2. The van der Waals surface area contributed by atoms with Crippen molar-refractivity contribution < 1.29 is 14.3 Å². The highest BCUT2D eigenvalue weighted by Gasteiger charge is 2.18. The molecule has 3 aromatic rings. The summed E-state index contributed by atoms with van der Waals surface area (Å²) in [5.74, 6) is 1.56. The van der Waals surface area contributed by atoms with Gasteiger partial charge in [0.25, 0.3) is 5.91 Å². The monoisotopic (exact) mass is 367 g/mol. The second-order valence-corrected chi connectivity index (χ2v) is 6.93. The van der Waals surface area contributed by atoms with Gasteiger partial charge < -0.3 is 14.8 Å². The van der Waals surface area contributed by atoms with Crippen LogP contribution in [-0.2, 0) is 0 Å². The lowest BCUT2D eigenvalue weighted by Gasteiger charge is -2.17. The van der Waals surface area contributed by atoms with Gasteiger partial charge in [0.15, 0.2) is 17.2 Å². The van der Waals surface area contributed by atoms with Crippen LogP contribution in [0.2, 0.25) is 0 Å². The number of nitrogens with zero attached hydrogens (tertiary/aromatic N) is 1. The largest absolute Gasteiger partial charge is 0.493 e. The number of carbonyl (C=O) groups excluding carboxylic acids is 1. The van der Waals surface area contributed by atoms with Gasteiger partial charge in [-0.05, 0) is 36.6 Å². The van der Waals surface area contributed by atoms with Crippen molar-refractivity contribution in [2.24, 2.45) is 5.92 Å². The summed E-state index contributed by atoms with van der Waals surface area (Å²) in [5.41, 5.74) is 2.15. The molecule has 1 atom stereocenters. The number of hydrogen-bond donors (Lipinski definition) is 2. The maximum absolute atomic E-state index is 12.7. The minimum Gasteiger partial charge on any atom is -0.493 e. The number of ether oxygens (including phenoxy) is 2. The van der Waals surface area contributed by atoms with Crippen molar-refractivity contribution >= 4 is 16.8 Å². The molecular formula is C21H25N3O3. The molecule has 6 nitrogen and oxygen atoms in total. The highest BCUT2D eigenvalue weighted by Crippen LogP contribution is 2.31. The number of para-hydroxylation sites is 1. The van der Waals surface area contributed by atoms with Crippen molar-refractivity contribution in [3.63, 3.8) is 0 Å². The Hall–Kier alpha value is -3.02. The molecule has 1 aromatic heterocycles. The minimum absolute atomic E-state index is 0.207. The number of aromatic nitrogens is 2. The lowest BCUT2D eigenvalue weighted by molar-refractivity contribution is 0.0936. The number of methoxy groups -OCH3 is 1. The van der Waals surface area contributed by atoms with Crippen molar-refractivity contribution in [3.8, 4) is 11.5 Å². The van der Waals surface area contributed by atoms with E-state index in [1.165, 1.54) is 0 Å². The molecule has 0 saturated carbocycles. The number of hydrogen-bond acceptors (Lipinski definition) is 4. The Kier molecular flexibility index (Phi) is 5.64. The molecule has 2 aromatic carbocycles. The fourth-order valence-electron chi connectivity index (χ4n) is 2.81. The zero-order chi connectivity index (χ0) is 19.4. The highest BCUT2D eigenvalue weighted by atomic mass is 16.5. The maximum atomic E-state index is 12.7. The summed E-state index contributed by atoms with van der Waals surface area (Å²) in [6.07, 6.45) is 0. The Bertz CT molecular complexity index is 933. The molecule has 3 rings (SSSR count). The molecule has 0 aliphatic heterocycles. The van der Waals surface area contributed by atoms with Crippen molar-refractivity contribution in [1.29, 1.82) is 0 Å². The number of carbonyl (C=O) groups is 1. The number of fused-ring (bicyclic) bond motifs is 1. The first-order valence-electron chi connectivity index (χ1n) is 9.04. The van der Waals surface area contributed by atoms with E-state index in [2.05, 4.69) is 29.4 Å². The van der Waals surface area contributed by atoms with Gasteiger partial charge >= 0.3 is 0 Å². The fraction of sp³-hybridized carbons (Fsp3) is 0.333. The zero-order valence-corrected chi connectivity index (χ0v) is 16.1. The van der Waals surface area contributed by atoms with E-state index in [9.17, 15) is 4.79 Å². The standard InChI is InChI=1S/C21H25N3O3/c1-13(2)12-27-18-10-9-15(11-19(18)26-4)14(3)22-21(25)20-16-7-5-6-8-17(16)23-24-20/h5-11,13-14H,12H2,1-4H3,(H,22,25)(H,23,24). The Labute approximate surface area is 158 Å². The van der Waals surface area contributed by atoms with E-state index in [1.54, 1.807) is 7.11 Å². The van der Waals surface area contributed by atoms with Gasteiger partial charge in [0.2, 0.25) is 0 Å². The van der Waals surface area contributed by atoms with Gasteiger partial charge in [-0.15, -0.1) is 0 Å². The van der Waals surface area contributed by atoms with Gasteiger partial charge in [0.05, 0.1) is 25.3 Å². The number of rotatable bonds is 7. The summed E-state index contributed by atoms with van der Waals surface area (Å²) in [6.45, 7) is 6.73. The van der Waals surface area contributed by atoms with Gasteiger partial charge in [-0.2, -0.15) is 5.10 Å². The van der Waals surface area contributed by atoms with Crippen molar-refractivity contribution in [3.05, 3.63) is 53.7 Å². The molecule has 27 heavy (non-hydrogen) atoms. The van der Waals surface area contributed by atoms with E-state index in [-0.39, 0.29) is 11.9 Å². The first-order chi connectivity index (χ1) is 13.0. The third-order valence-electron chi connectivity index (χ3n) is 4.29. The van der Waals surface area contributed by atoms with E-state index in [1.807, 2.05) is 49.4 Å². The van der Waals surface area contributed by atoms with Crippen LogP contribution in [0, 0.1) is 5.92 Å². The first kappa shape index (κ1) is 18.8. The molecule has 1 amide bonds. The Morgan fingerprint density at radius 1 is 1.15 bits per heavy atom. The predicted molar refractivity (Wildman–Crippen MR) is 105 cm³/mol. The van der Waals surface area contributed by atoms with Crippen molar-refractivity contribution in [1.82, 2.24) is 15.5 Å². The van der Waals surface area contributed by atoms with Gasteiger partial charge in [0.1, 0.15) is 0 Å². The number of benzene rings is 2. The molecule has 0 bridgehead atoms. The summed E-state index contributed by atoms with van der Waals surface area (Å²) >= 11 is 0. The van der Waals surface area contributed by atoms with Gasteiger partial charge in [-0.1, -0.05) is 38.1 Å². The van der Waals surface area contributed by atoms with E-state index >= 15 is 0 Å². The maximum Gasteiger partial charge on any atom is 0.272 e. The van der Waals surface area contributed by atoms with Gasteiger partial charge in [-0.25, -0.2) is 0 Å². The van der Waals surface area contributed by atoms with Crippen LogP contribution in [0.25, 0.3) is 10.9 Å². The van der Waals surface area contributed by atoms with Crippen LogP contribution in [0.4, 0.5) is 0 Å². The average Bonchev–Trinajstić information content (AvgIpc) is 3.10. The number of aromatic amines is 1. The molecule has 0 spiro atoms. The molecule has 142 valence electrons. The SMILES string of the molecule is COc1cc(C(C)NC(=O)c2n[nH]c3ccccc23)ccc1OCC(C)C. The number of amides is 1. The molecule has 0 aliphatic rings. The van der Waals surface area contributed by atoms with Crippen LogP contribution in [0.15, 0.2) is 42.5 Å². The molecule has 1 unspecified atom stereocenters. The topological polar surface area (TPSA) is 76.2 Å². The van der Waals surface area contributed by atoms with Crippen LogP contribution in [0.1, 0.15) is 42.9 Å². The number of H-pyrrole nitrogens is 1. The summed E-state index contributed by atoms with van der Waals surface area (Å²) in [7, 11) is 1.61. The molecule has 0 radical (unpaired) electrons. The van der Waals surface area contributed by atoms with E-state index < -0.39 is 0 Å². The van der Waals surface area contributed by atoms with E-state index in [0.717, 1.165) is 16.5 Å². The quantitative estimate of drug-likeness (QED) is 0.659. The average molecular weight is 367 g/mol. The van der Waals surface area contributed by atoms with Crippen LogP contribution in [-0.4, -0.2) is 29.8 Å². The summed E-state index contributed by atoms with van der Waals surface area (Å²) in [5, 5.41) is 10.8. The predicted octanol–water partition coefficient (Wildman–Crippen LogP) is 4.10. The van der Waals surface area contributed by atoms with E-state index in [4.69, 9.17) is 9.47 Å². The second kappa shape index (κ2) is 8.12. The van der Waals surface area contributed by atoms with Crippen LogP contribution in [0.3, 0.4) is 0 Å². The van der Waals surface area contributed by atoms with Crippen LogP contribution < -0.4 is 14.8 Å². The van der Waals surface area contributed by atoms with Crippen molar-refractivity contribution in [2.75, 3.05) is 13.7 Å². The smallest absolute Gasteiger partial charge is 0.272 e. The Morgan fingerprint density at radius 3 is 2.67 bits per heavy atom. The van der Waals surface area contributed by atoms with Crippen LogP contribution in [0.5, 0.6) is 11.5 Å². The summed E-state index contributed by atoms with van der Waals surface area (Å²) < 4.78 is 11.2. The second-order valence-electron chi connectivity index (χ2n) is 6.93. The third-order valence-corrected chi connectivity index (χ3v) is 4.29. The Balaban J connectivity index is 1.75. The molecule has 6 heteroatoms. The number of nitrogens with one attached hydrogen (secondary N) is 2. The van der Waals surface area contributed by atoms with E-state index in [0.29, 0.717) is 29.7 Å². The molecule has 0 aliphatic carbocycles.